The van der Waals surface area contributed by atoms with Crippen molar-refractivity contribution in [1.82, 2.24) is 14.5 Å². The van der Waals surface area contributed by atoms with Crippen molar-refractivity contribution in [1.29, 1.82) is 0 Å². The number of aromatic nitrogens is 3. The van der Waals surface area contributed by atoms with Gasteiger partial charge < -0.3 is 15.2 Å². The molecule has 5 rings (SSSR count). The van der Waals surface area contributed by atoms with Crippen LogP contribution in [-0.2, 0) is 6.54 Å². The molecule has 0 aromatic carbocycles. The van der Waals surface area contributed by atoms with E-state index in [9.17, 15) is 0 Å². The Balaban J connectivity index is 1.60. The van der Waals surface area contributed by atoms with E-state index < -0.39 is 0 Å². The number of nitrogens with two attached hydrogens (primary N) is 1. The molecule has 3 aliphatic rings. The van der Waals surface area contributed by atoms with Crippen LogP contribution in [0, 0.1) is 0 Å². The van der Waals surface area contributed by atoms with E-state index in [4.69, 9.17) is 10.7 Å². The molecule has 6 heteroatoms. The Labute approximate surface area is 128 Å². The van der Waals surface area contributed by atoms with Gasteiger partial charge in [-0.05, 0) is 31.4 Å². The first-order valence-corrected chi connectivity index (χ1v) is 7.89. The molecule has 2 aromatic rings. The Bertz CT molecular complexity index is 773. The number of hydrogen-bond donors (Lipinski definition) is 1. The highest BCUT2D eigenvalue weighted by Gasteiger charge is 2.34. The number of hydrogen-bond acceptors (Lipinski definition) is 5. The highest BCUT2D eigenvalue weighted by atomic mass is 15.3. The van der Waals surface area contributed by atoms with Crippen LogP contribution in [0.4, 0.5) is 5.82 Å². The Morgan fingerprint density at radius 3 is 2.95 bits per heavy atom. The first-order chi connectivity index (χ1) is 10.8. The SMILES string of the molecule is NC1=NCN(C2CCn3cncc32)c2nc(C3CC3)ccc21. The van der Waals surface area contributed by atoms with Crippen LogP contribution in [-0.4, -0.2) is 27.0 Å². The van der Waals surface area contributed by atoms with Crippen molar-refractivity contribution < 1.29 is 0 Å². The normalized spacial score (nSPS) is 23.2. The minimum atomic E-state index is 0.292. The minimum absolute atomic E-state index is 0.292. The number of rotatable bonds is 2. The van der Waals surface area contributed by atoms with E-state index in [2.05, 4.69) is 31.6 Å². The van der Waals surface area contributed by atoms with Crippen LogP contribution in [0.25, 0.3) is 0 Å². The molecule has 0 saturated heterocycles. The molecule has 1 aliphatic carbocycles. The van der Waals surface area contributed by atoms with Gasteiger partial charge in [0, 0.05) is 18.2 Å². The second-order valence-electron chi connectivity index (χ2n) is 6.35. The fraction of sp³-hybridized carbons (Fsp3) is 0.438. The van der Waals surface area contributed by atoms with Crippen molar-refractivity contribution in [2.45, 2.75) is 37.8 Å². The third kappa shape index (κ3) is 1.70. The van der Waals surface area contributed by atoms with E-state index in [1.54, 1.807) is 0 Å². The van der Waals surface area contributed by atoms with Crippen molar-refractivity contribution in [3.05, 3.63) is 41.6 Å². The second kappa shape index (κ2) is 4.32. The summed E-state index contributed by atoms with van der Waals surface area (Å²) in [5.74, 6) is 2.24. The third-order valence-electron chi connectivity index (χ3n) is 4.94. The number of fused-ring (bicyclic) bond motifs is 2. The fourth-order valence-corrected chi connectivity index (χ4v) is 3.56. The van der Waals surface area contributed by atoms with Gasteiger partial charge in [0.25, 0.3) is 0 Å². The largest absolute Gasteiger partial charge is 0.383 e. The monoisotopic (exact) mass is 294 g/mol. The number of pyridine rings is 1. The number of amidine groups is 1. The molecule has 0 radical (unpaired) electrons. The van der Waals surface area contributed by atoms with Gasteiger partial charge in [0.2, 0.25) is 0 Å². The van der Waals surface area contributed by atoms with E-state index >= 15 is 0 Å². The molecular weight excluding hydrogens is 276 g/mol. The average Bonchev–Trinajstić information content (AvgIpc) is 3.15. The van der Waals surface area contributed by atoms with Gasteiger partial charge in [-0.1, -0.05) is 0 Å². The summed E-state index contributed by atoms with van der Waals surface area (Å²) in [6.07, 6.45) is 7.45. The predicted molar refractivity (Wildman–Crippen MR) is 83.9 cm³/mol. The number of aryl methyl sites for hydroxylation is 1. The first-order valence-electron chi connectivity index (χ1n) is 7.89. The van der Waals surface area contributed by atoms with Crippen molar-refractivity contribution in [2.24, 2.45) is 10.7 Å². The van der Waals surface area contributed by atoms with Crippen LogP contribution in [0.5, 0.6) is 0 Å². The maximum Gasteiger partial charge on any atom is 0.141 e. The minimum Gasteiger partial charge on any atom is -0.383 e. The van der Waals surface area contributed by atoms with Crippen LogP contribution in [0.1, 0.15) is 48.2 Å². The Hall–Kier alpha value is -2.37. The maximum atomic E-state index is 6.09. The fourth-order valence-electron chi connectivity index (χ4n) is 3.56. The summed E-state index contributed by atoms with van der Waals surface area (Å²) < 4.78 is 2.22. The molecule has 6 nitrogen and oxygen atoms in total. The van der Waals surface area contributed by atoms with Gasteiger partial charge in [-0.2, -0.15) is 0 Å². The van der Waals surface area contributed by atoms with Crippen LogP contribution >= 0.6 is 0 Å². The van der Waals surface area contributed by atoms with Gasteiger partial charge >= 0.3 is 0 Å². The highest BCUT2D eigenvalue weighted by Crippen LogP contribution is 2.42. The number of nitrogens with zero attached hydrogens (tertiary/aromatic N) is 5. The van der Waals surface area contributed by atoms with E-state index in [1.165, 1.54) is 24.2 Å². The van der Waals surface area contributed by atoms with Crippen molar-refractivity contribution >= 4 is 11.7 Å². The molecule has 0 bridgehead atoms. The van der Waals surface area contributed by atoms with E-state index in [1.807, 2.05) is 12.5 Å². The highest BCUT2D eigenvalue weighted by molar-refractivity contribution is 6.03. The van der Waals surface area contributed by atoms with Crippen molar-refractivity contribution in [2.75, 3.05) is 11.6 Å². The summed E-state index contributed by atoms with van der Waals surface area (Å²) in [5, 5.41) is 0. The zero-order chi connectivity index (χ0) is 14.7. The predicted octanol–water partition coefficient (Wildman–Crippen LogP) is 1.78. The number of anilines is 1. The molecule has 2 N–H and O–H groups in total. The van der Waals surface area contributed by atoms with Crippen LogP contribution < -0.4 is 10.6 Å². The molecule has 0 spiro atoms. The first kappa shape index (κ1) is 12.2. The zero-order valence-electron chi connectivity index (χ0n) is 12.3. The lowest BCUT2D eigenvalue weighted by Gasteiger charge is -2.32. The third-order valence-corrected chi connectivity index (χ3v) is 4.94. The molecular formula is C16H18N6. The molecule has 0 amide bonds. The Morgan fingerprint density at radius 2 is 2.09 bits per heavy atom. The summed E-state index contributed by atoms with van der Waals surface area (Å²) in [6, 6.07) is 4.49. The van der Waals surface area contributed by atoms with E-state index in [0.717, 1.165) is 24.3 Å². The van der Waals surface area contributed by atoms with E-state index in [0.29, 0.717) is 24.5 Å². The smallest absolute Gasteiger partial charge is 0.141 e. The van der Waals surface area contributed by atoms with Crippen molar-refractivity contribution in [3.8, 4) is 0 Å². The summed E-state index contributed by atoms with van der Waals surface area (Å²) >= 11 is 0. The topological polar surface area (TPSA) is 72.3 Å². The lowest BCUT2D eigenvalue weighted by Crippen LogP contribution is -2.36. The van der Waals surface area contributed by atoms with E-state index in [-0.39, 0.29) is 0 Å². The molecule has 2 aromatic heterocycles. The molecule has 2 aliphatic heterocycles. The van der Waals surface area contributed by atoms with Crippen molar-refractivity contribution in [3.63, 3.8) is 0 Å². The zero-order valence-corrected chi connectivity index (χ0v) is 12.3. The van der Waals surface area contributed by atoms with Crippen LogP contribution in [0.2, 0.25) is 0 Å². The van der Waals surface area contributed by atoms with Crippen LogP contribution in [0.3, 0.4) is 0 Å². The lowest BCUT2D eigenvalue weighted by atomic mass is 10.1. The molecule has 112 valence electrons. The van der Waals surface area contributed by atoms with Gasteiger partial charge in [0.15, 0.2) is 0 Å². The lowest BCUT2D eigenvalue weighted by molar-refractivity contribution is 0.600. The average molecular weight is 294 g/mol. The number of aliphatic imine (C=N–C) groups is 1. The van der Waals surface area contributed by atoms with Gasteiger partial charge in [-0.25, -0.2) is 15.0 Å². The quantitative estimate of drug-likeness (QED) is 0.916. The van der Waals surface area contributed by atoms with Gasteiger partial charge in [0.05, 0.1) is 29.8 Å². The van der Waals surface area contributed by atoms with Gasteiger partial charge in [0.1, 0.15) is 18.3 Å². The molecule has 1 unspecified atom stereocenters. The molecule has 1 fully saturated rings. The molecule has 4 heterocycles. The molecule has 1 atom stereocenters. The summed E-state index contributed by atoms with van der Waals surface area (Å²) in [7, 11) is 0. The number of imidazole rings is 1. The summed E-state index contributed by atoms with van der Waals surface area (Å²) in [5.41, 5.74) is 9.51. The maximum absolute atomic E-state index is 6.09. The Morgan fingerprint density at radius 1 is 1.18 bits per heavy atom. The summed E-state index contributed by atoms with van der Waals surface area (Å²) in [4.78, 5) is 16.0. The molecule has 22 heavy (non-hydrogen) atoms. The molecule has 1 saturated carbocycles. The second-order valence-corrected chi connectivity index (χ2v) is 6.35. The van der Waals surface area contributed by atoms with Gasteiger partial charge in [-0.15, -0.1) is 0 Å². The van der Waals surface area contributed by atoms with Gasteiger partial charge in [-0.3, -0.25) is 0 Å². The summed E-state index contributed by atoms with van der Waals surface area (Å²) in [6.45, 7) is 1.59. The van der Waals surface area contributed by atoms with Crippen LogP contribution in [0.15, 0.2) is 29.6 Å². The Kier molecular flexibility index (Phi) is 2.39. The standard InChI is InChI=1S/C16H18N6/c17-15-11-3-4-12(10-1-2-10)20-16(11)22(9-19-15)13-5-6-21-8-18-7-14(13)21/h3-4,7-8,10,13H,1-2,5-6,9H2,(H2,17,19).